The largest absolute Gasteiger partial charge is 0.450 e. The number of aromatic nitrogens is 2. The van der Waals surface area contributed by atoms with Crippen molar-refractivity contribution in [3.8, 4) is 11.5 Å². The Morgan fingerprint density at radius 3 is 2.71 bits per heavy atom. The average Bonchev–Trinajstić information content (AvgIpc) is 2.87. The maximum absolute atomic E-state index is 12.9. The van der Waals surface area contributed by atoms with E-state index in [2.05, 4.69) is 38.4 Å². The number of nitrogens with one attached hydrogen (secondary N) is 5. The third-order valence-electron chi connectivity index (χ3n) is 7.40. The Bertz CT molecular complexity index is 1100. The molecule has 1 aromatic carbocycles. The van der Waals surface area contributed by atoms with Crippen LogP contribution in [0.5, 0.6) is 11.5 Å². The van der Waals surface area contributed by atoms with Gasteiger partial charge in [-0.2, -0.15) is 4.98 Å². The molecule has 10 heteroatoms. The minimum atomic E-state index is -0.232. The molecule has 5 rings (SSSR count). The quantitative estimate of drug-likeness (QED) is 0.172. The highest BCUT2D eigenvalue weighted by Crippen LogP contribution is 2.42. The molecule has 3 heterocycles. The Morgan fingerprint density at radius 2 is 1.94 bits per heavy atom. The van der Waals surface area contributed by atoms with Crippen molar-refractivity contribution in [3.05, 3.63) is 40.4 Å². The van der Waals surface area contributed by atoms with Gasteiger partial charge in [0.15, 0.2) is 23.3 Å². The van der Waals surface area contributed by atoms with Crippen molar-refractivity contribution < 1.29 is 4.74 Å². The van der Waals surface area contributed by atoms with Crippen LogP contribution in [0.2, 0.25) is 0 Å². The number of piperidine rings is 1. The van der Waals surface area contributed by atoms with Gasteiger partial charge in [-0.1, -0.05) is 6.07 Å². The number of rotatable bonds is 7. The molecule has 2 fully saturated rings. The fourth-order valence-corrected chi connectivity index (χ4v) is 5.44. The van der Waals surface area contributed by atoms with Crippen molar-refractivity contribution in [2.45, 2.75) is 62.9 Å². The minimum absolute atomic E-state index is 0.0132. The van der Waals surface area contributed by atoms with E-state index >= 15 is 0 Å². The highest BCUT2D eigenvalue weighted by Gasteiger charge is 2.26. The number of nitrogens with zero attached hydrogens (tertiary/aromatic N) is 2. The molecule has 7 N–H and O–H groups in total. The summed E-state index contributed by atoms with van der Waals surface area (Å²) in [7, 11) is 0. The van der Waals surface area contributed by atoms with Gasteiger partial charge in [0.05, 0.1) is 11.9 Å². The van der Waals surface area contributed by atoms with Gasteiger partial charge in [-0.3, -0.25) is 9.98 Å². The lowest BCUT2D eigenvalue weighted by Crippen LogP contribution is -2.38. The Hall–Kier alpha value is -3.11. The van der Waals surface area contributed by atoms with Gasteiger partial charge in [0.1, 0.15) is 0 Å². The summed E-state index contributed by atoms with van der Waals surface area (Å²) in [5.41, 5.74) is 7.25. The number of guanidine groups is 1. The SMILES string of the molecule is N=C(N)NCCCNC1CCC(n2cc3c(nc2=O)Nc2cc(C4CCNCC4)ccc2O3)CC1. The maximum Gasteiger partial charge on any atom is 0.350 e. The van der Waals surface area contributed by atoms with Crippen LogP contribution in [0.3, 0.4) is 0 Å². The third-order valence-corrected chi connectivity index (χ3v) is 7.40. The van der Waals surface area contributed by atoms with Gasteiger partial charge >= 0.3 is 5.69 Å². The summed E-state index contributed by atoms with van der Waals surface area (Å²) in [6, 6.07) is 6.91. The molecule has 0 unspecified atom stereocenters. The lowest BCUT2D eigenvalue weighted by Gasteiger charge is -2.31. The van der Waals surface area contributed by atoms with Gasteiger partial charge in [-0.15, -0.1) is 0 Å². The van der Waals surface area contributed by atoms with Crippen LogP contribution in [0, 0.1) is 5.41 Å². The standard InChI is InChI=1S/C25H36N8O2/c26-24(27)30-11-1-10-29-18-3-5-19(6-4-18)33-15-22-23(32-25(33)34)31-20-14-17(2-7-21(20)35-22)16-8-12-28-13-9-16/h2,7,14-16,18-19,28-29H,1,3-6,8-13H2,(H4,26,27,30)(H,31,32,34). The van der Waals surface area contributed by atoms with E-state index in [1.807, 2.05) is 12.3 Å². The Kier molecular flexibility index (Phi) is 7.19. The molecule has 2 aliphatic heterocycles. The molecule has 0 bridgehead atoms. The first kappa shape index (κ1) is 23.6. The normalized spacial score (nSPS) is 21.8. The van der Waals surface area contributed by atoms with Crippen molar-refractivity contribution in [3.63, 3.8) is 0 Å². The molecule has 10 nitrogen and oxygen atoms in total. The number of nitrogens with two attached hydrogens (primary N) is 1. The lowest BCUT2D eigenvalue weighted by atomic mass is 9.90. The van der Waals surface area contributed by atoms with Gasteiger partial charge in [0.2, 0.25) is 0 Å². The second kappa shape index (κ2) is 10.7. The van der Waals surface area contributed by atoms with Crippen molar-refractivity contribution in [1.82, 2.24) is 25.5 Å². The van der Waals surface area contributed by atoms with Gasteiger partial charge in [0, 0.05) is 18.6 Å². The maximum atomic E-state index is 12.9. The monoisotopic (exact) mass is 480 g/mol. The van der Waals surface area contributed by atoms with Crippen molar-refractivity contribution in [1.29, 1.82) is 5.41 Å². The Balaban J connectivity index is 1.19. The number of hydrogen-bond acceptors (Lipinski definition) is 7. The molecule has 1 aromatic heterocycles. The predicted octanol–water partition coefficient (Wildman–Crippen LogP) is 2.51. The number of fused-ring (bicyclic) bond motifs is 2. The van der Waals surface area contributed by atoms with Gasteiger partial charge < -0.3 is 31.7 Å². The Morgan fingerprint density at radius 1 is 1.14 bits per heavy atom. The van der Waals surface area contributed by atoms with E-state index in [0.717, 1.165) is 76.0 Å². The summed E-state index contributed by atoms with van der Waals surface area (Å²) in [6.07, 6.45) is 8.88. The first-order chi connectivity index (χ1) is 17.1. The van der Waals surface area contributed by atoms with Crippen LogP contribution in [-0.4, -0.2) is 47.7 Å². The fourth-order valence-electron chi connectivity index (χ4n) is 5.44. The topological polar surface area (TPSA) is 142 Å². The summed E-state index contributed by atoms with van der Waals surface area (Å²) in [6.45, 7) is 3.68. The molecule has 1 saturated heterocycles. The van der Waals surface area contributed by atoms with Crippen molar-refractivity contribution in [2.24, 2.45) is 5.73 Å². The molecule has 0 radical (unpaired) electrons. The smallest absolute Gasteiger partial charge is 0.350 e. The minimum Gasteiger partial charge on any atom is -0.450 e. The van der Waals surface area contributed by atoms with E-state index in [1.165, 1.54) is 5.56 Å². The van der Waals surface area contributed by atoms with Crippen LogP contribution in [0.1, 0.15) is 62.5 Å². The van der Waals surface area contributed by atoms with E-state index in [1.54, 1.807) is 4.57 Å². The van der Waals surface area contributed by atoms with Crippen LogP contribution < -0.4 is 37.4 Å². The molecular weight excluding hydrogens is 444 g/mol. The molecule has 1 aliphatic carbocycles. The summed E-state index contributed by atoms with van der Waals surface area (Å²) >= 11 is 0. The molecule has 188 valence electrons. The van der Waals surface area contributed by atoms with Crippen LogP contribution in [0.4, 0.5) is 11.5 Å². The van der Waals surface area contributed by atoms with Gasteiger partial charge in [0.25, 0.3) is 0 Å². The zero-order valence-corrected chi connectivity index (χ0v) is 20.1. The number of benzene rings is 1. The van der Waals surface area contributed by atoms with E-state index in [-0.39, 0.29) is 17.7 Å². The van der Waals surface area contributed by atoms with E-state index in [0.29, 0.717) is 30.1 Å². The van der Waals surface area contributed by atoms with Crippen LogP contribution in [0.25, 0.3) is 0 Å². The molecule has 0 spiro atoms. The molecule has 0 atom stereocenters. The van der Waals surface area contributed by atoms with Crippen LogP contribution in [0.15, 0.2) is 29.2 Å². The van der Waals surface area contributed by atoms with Crippen LogP contribution >= 0.6 is 0 Å². The van der Waals surface area contributed by atoms with Gasteiger partial charge in [-0.05, 0) is 88.2 Å². The highest BCUT2D eigenvalue weighted by molar-refractivity contribution is 5.74. The van der Waals surface area contributed by atoms with E-state index in [4.69, 9.17) is 15.9 Å². The second-order valence-corrected chi connectivity index (χ2v) is 9.80. The molecule has 0 amide bonds. The summed E-state index contributed by atoms with van der Waals surface area (Å²) in [5.74, 6) is 2.43. The number of ether oxygens (including phenoxy) is 1. The number of anilines is 2. The zero-order chi connectivity index (χ0) is 24.2. The summed E-state index contributed by atoms with van der Waals surface area (Å²) in [5, 5.41) is 20.3. The van der Waals surface area contributed by atoms with E-state index in [9.17, 15) is 4.79 Å². The second-order valence-electron chi connectivity index (χ2n) is 9.80. The fraction of sp³-hybridized carbons (Fsp3) is 0.560. The Labute approximate surface area is 205 Å². The first-order valence-electron chi connectivity index (χ1n) is 12.8. The predicted molar refractivity (Wildman–Crippen MR) is 137 cm³/mol. The van der Waals surface area contributed by atoms with Crippen LogP contribution in [-0.2, 0) is 0 Å². The first-order valence-corrected chi connectivity index (χ1v) is 12.8. The molecular formula is C25H36N8O2. The summed E-state index contributed by atoms with van der Waals surface area (Å²) in [4.78, 5) is 17.2. The molecule has 2 aromatic rings. The average molecular weight is 481 g/mol. The van der Waals surface area contributed by atoms with Crippen molar-refractivity contribution >= 4 is 17.5 Å². The lowest BCUT2D eigenvalue weighted by molar-refractivity contribution is 0.282. The molecule has 1 saturated carbocycles. The van der Waals surface area contributed by atoms with Crippen molar-refractivity contribution in [2.75, 3.05) is 31.5 Å². The molecule has 3 aliphatic rings. The number of hydrogen-bond donors (Lipinski definition) is 6. The zero-order valence-electron chi connectivity index (χ0n) is 20.1. The van der Waals surface area contributed by atoms with Gasteiger partial charge in [-0.25, -0.2) is 4.79 Å². The highest BCUT2D eigenvalue weighted by atomic mass is 16.5. The van der Waals surface area contributed by atoms with E-state index < -0.39 is 0 Å². The third kappa shape index (κ3) is 5.59. The molecule has 35 heavy (non-hydrogen) atoms. The summed E-state index contributed by atoms with van der Waals surface area (Å²) < 4.78 is 7.93.